The zero-order chi connectivity index (χ0) is 36.3. The molecule has 4 bridgehead atoms. The largest absolute Gasteiger partial charge is 0.488 e. The number of unbranched alkanes of at least 4 members (excludes halogenated alkanes) is 1. The first kappa shape index (κ1) is 35.6. The maximum absolute atomic E-state index is 14.3. The van der Waals surface area contributed by atoms with Crippen molar-refractivity contribution in [1.82, 2.24) is 20.5 Å². The van der Waals surface area contributed by atoms with E-state index in [-0.39, 0.29) is 31.4 Å². The number of hydrogen-bond donors (Lipinski definition) is 3. The van der Waals surface area contributed by atoms with Crippen LogP contribution < -0.4 is 15.4 Å². The van der Waals surface area contributed by atoms with E-state index in [2.05, 4.69) is 37.1 Å². The minimum Gasteiger partial charge on any atom is -0.488 e. The number of benzene rings is 2. The van der Waals surface area contributed by atoms with Crippen molar-refractivity contribution in [2.75, 3.05) is 13.2 Å². The van der Waals surface area contributed by atoms with Crippen LogP contribution in [0.5, 0.6) is 5.75 Å². The molecule has 2 aromatic carbocycles. The minimum atomic E-state index is -1.48. The van der Waals surface area contributed by atoms with Gasteiger partial charge in [0.15, 0.2) is 0 Å². The van der Waals surface area contributed by atoms with Crippen LogP contribution in [-0.2, 0) is 19.1 Å². The molecule has 3 heterocycles. The van der Waals surface area contributed by atoms with Crippen molar-refractivity contribution >= 4 is 40.9 Å². The van der Waals surface area contributed by atoms with Crippen LogP contribution in [0.4, 0.5) is 4.79 Å². The number of carboxylic acid groups (broad SMARTS) is 1. The van der Waals surface area contributed by atoms with Gasteiger partial charge in [-0.15, -0.1) is 6.58 Å². The molecule has 3 aromatic rings. The number of hydrogen-bond acceptors (Lipinski definition) is 7. The van der Waals surface area contributed by atoms with Gasteiger partial charge in [0.05, 0.1) is 24.4 Å². The van der Waals surface area contributed by atoms with E-state index >= 15 is 0 Å². The molecular formula is C40H46N4O7. The van der Waals surface area contributed by atoms with Crippen LogP contribution in [-0.4, -0.2) is 75.7 Å². The lowest BCUT2D eigenvalue weighted by Crippen LogP contribution is -2.56. The monoisotopic (exact) mass is 694 g/mol. The Balaban J connectivity index is 1.42. The van der Waals surface area contributed by atoms with Gasteiger partial charge in [-0.2, -0.15) is 0 Å². The van der Waals surface area contributed by atoms with Gasteiger partial charge in [0, 0.05) is 29.4 Å². The van der Waals surface area contributed by atoms with E-state index in [0.717, 1.165) is 28.5 Å². The molecule has 3 aliphatic rings. The van der Waals surface area contributed by atoms with Crippen LogP contribution in [0.1, 0.15) is 64.9 Å². The number of ether oxygens (including phenoxy) is 2. The number of carboxylic acids is 1. The van der Waals surface area contributed by atoms with Crippen LogP contribution in [0.3, 0.4) is 0 Å². The average molecular weight is 695 g/mol. The topological polar surface area (TPSA) is 147 Å². The number of fused-ring (bicyclic) bond motifs is 3. The smallest absolute Gasteiger partial charge is 0.407 e. The molecule has 0 spiro atoms. The fourth-order valence-electron chi connectivity index (χ4n) is 6.91. The number of amides is 3. The molecule has 2 fully saturated rings. The third kappa shape index (κ3) is 7.77. The highest BCUT2D eigenvalue weighted by Gasteiger charge is 2.61. The molecule has 1 aromatic heterocycles. The highest BCUT2D eigenvalue weighted by atomic mass is 16.5. The van der Waals surface area contributed by atoms with Crippen molar-refractivity contribution < 1.29 is 33.8 Å². The van der Waals surface area contributed by atoms with Gasteiger partial charge in [-0.1, -0.05) is 88.2 Å². The highest BCUT2D eigenvalue weighted by molar-refractivity contribution is 5.96. The molecule has 6 rings (SSSR count). The van der Waals surface area contributed by atoms with Gasteiger partial charge in [-0.05, 0) is 42.4 Å². The predicted molar refractivity (Wildman–Crippen MR) is 194 cm³/mol. The highest BCUT2D eigenvalue weighted by Crippen LogP contribution is 2.45. The number of carbonyl (C=O) groups excluding carboxylic acids is 3. The number of rotatable bonds is 8. The molecule has 51 heavy (non-hydrogen) atoms. The third-order valence-electron chi connectivity index (χ3n) is 10.2. The van der Waals surface area contributed by atoms with Crippen LogP contribution in [0.2, 0.25) is 0 Å². The van der Waals surface area contributed by atoms with Gasteiger partial charge < -0.3 is 30.1 Å². The minimum absolute atomic E-state index is 0.0412. The molecule has 2 aliphatic heterocycles. The summed E-state index contributed by atoms with van der Waals surface area (Å²) in [6.07, 6.45) is 6.91. The molecule has 5 atom stereocenters. The fourth-order valence-corrected chi connectivity index (χ4v) is 6.91. The van der Waals surface area contributed by atoms with Crippen LogP contribution in [0.25, 0.3) is 28.2 Å². The predicted octanol–water partition coefficient (Wildman–Crippen LogP) is 6.12. The number of alkyl carbamates (subject to hydrolysis) is 1. The second-order valence-electron chi connectivity index (χ2n) is 14.5. The molecule has 268 valence electrons. The zero-order valence-corrected chi connectivity index (χ0v) is 29.4. The summed E-state index contributed by atoms with van der Waals surface area (Å²) in [7, 11) is 0. The van der Waals surface area contributed by atoms with E-state index in [9.17, 15) is 24.3 Å². The third-order valence-corrected chi connectivity index (χ3v) is 10.2. The molecule has 1 aliphatic carbocycles. The maximum atomic E-state index is 14.3. The van der Waals surface area contributed by atoms with Crippen LogP contribution in [0.15, 0.2) is 73.3 Å². The number of carbonyl (C=O) groups is 4. The second kappa shape index (κ2) is 14.6. The van der Waals surface area contributed by atoms with Crippen molar-refractivity contribution in [3.05, 3.63) is 78.9 Å². The molecule has 1 saturated carbocycles. The Kier molecular flexibility index (Phi) is 10.2. The summed E-state index contributed by atoms with van der Waals surface area (Å²) in [5, 5.41) is 16.3. The second-order valence-corrected chi connectivity index (χ2v) is 14.5. The molecule has 3 N–H and O–H groups in total. The first-order chi connectivity index (χ1) is 24.4. The molecular weight excluding hydrogens is 648 g/mol. The number of nitrogens with one attached hydrogen (secondary N) is 2. The lowest BCUT2D eigenvalue weighted by molar-refractivity contribution is -0.145. The number of aliphatic carboxylic acids is 1. The Bertz CT molecular complexity index is 1860. The maximum Gasteiger partial charge on any atom is 0.407 e. The normalized spacial score (nSPS) is 26.0. The molecule has 0 unspecified atom stereocenters. The summed E-state index contributed by atoms with van der Waals surface area (Å²) in [6, 6.07) is 15.6. The Hall–Kier alpha value is -5.19. The van der Waals surface area contributed by atoms with Gasteiger partial charge in [-0.25, -0.2) is 14.6 Å². The van der Waals surface area contributed by atoms with Crippen molar-refractivity contribution in [3.63, 3.8) is 0 Å². The number of nitrogens with zero attached hydrogens (tertiary/aromatic N) is 2. The van der Waals surface area contributed by atoms with Crippen molar-refractivity contribution in [3.8, 4) is 17.0 Å². The van der Waals surface area contributed by atoms with Gasteiger partial charge in [0.1, 0.15) is 29.5 Å². The first-order valence-electron chi connectivity index (χ1n) is 17.7. The summed E-state index contributed by atoms with van der Waals surface area (Å²) in [5.41, 5.74) is 1.47. The van der Waals surface area contributed by atoms with E-state index in [1.54, 1.807) is 0 Å². The lowest BCUT2D eigenvalue weighted by atomic mass is 9.88. The van der Waals surface area contributed by atoms with Crippen molar-refractivity contribution in [1.29, 1.82) is 0 Å². The Labute approximate surface area is 298 Å². The van der Waals surface area contributed by atoms with Crippen molar-refractivity contribution in [2.24, 2.45) is 11.3 Å². The Morgan fingerprint density at radius 1 is 1.16 bits per heavy atom. The van der Waals surface area contributed by atoms with E-state index in [1.807, 2.05) is 67.6 Å². The summed E-state index contributed by atoms with van der Waals surface area (Å²) in [5.74, 6) is -2.09. The van der Waals surface area contributed by atoms with E-state index in [0.29, 0.717) is 30.7 Å². The SMILES string of the molecule is C=C[C@@H]1C[C@]1(NC(=O)[C@@H]1C[C@H]2CN1C(=O)[C@H](CCCC)NC(=O)OCCC(C)(C)C=Cc1ccc3nc(-c4ccccc4)cc(c3c1)O2)C(=O)O. The van der Waals surface area contributed by atoms with E-state index < -0.39 is 53.5 Å². The molecule has 0 radical (unpaired) electrons. The molecule has 11 nitrogen and oxygen atoms in total. The van der Waals surface area contributed by atoms with Crippen molar-refractivity contribution in [2.45, 2.75) is 83.0 Å². The number of aromatic nitrogens is 1. The Morgan fingerprint density at radius 2 is 1.94 bits per heavy atom. The van der Waals surface area contributed by atoms with E-state index in [1.165, 1.54) is 11.0 Å². The first-order valence-corrected chi connectivity index (χ1v) is 17.7. The summed E-state index contributed by atoms with van der Waals surface area (Å²) in [4.78, 5) is 60.0. The molecule has 11 heteroatoms. The average Bonchev–Trinajstić information content (AvgIpc) is 3.68. The zero-order valence-electron chi connectivity index (χ0n) is 29.4. The fraction of sp³-hybridized carbons (Fsp3) is 0.425. The standard InChI is InChI=1S/C40H46N4O7/c1-5-7-13-31-36(46)44-24-28(21-33(44)35(45)43-40(37(47)48)23-27(40)6-2)51-34-22-32(26-11-9-8-10-12-26)41-30-15-14-25(20-29(30)34)16-17-39(3,4)18-19-50-38(49)42-31/h6,8-12,14-17,20,22,27-28,31,33H,2,5,7,13,18-19,21,23-24H2,1,3-4H3,(H,42,49)(H,43,45)(H,47,48)/t27-,28+,31+,33+,40-/m1/s1. The van der Waals surface area contributed by atoms with E-state index in [4.69, 9.17) is 14.5 Å². The quantitative estimate of drug-likeness (QED) is 0.239. The van der Waals surface area contributed by atoms with Crippen LogP contribution in [0, 0.1) is 11.3 Å². The number of pyridine rings is 1. The van der Waals surface area contributed by atoms with Gasteiger partial charge in [0.2, 0.25) is 11.8 Å². The molecule has 1 saturated heterocycles. The number of allylic oxidation sites excluding steroid dienone is 1. The van der Waals surface area contributed by atoms with Crippen LogP contribution >= 0.6 is 0 Å². The Morgan fingerprint density at radius 3 is 2.65 bits per heavy atom. The molecule has 3 amide bonds. The summed E-state index contributed by atoms with van der Waals surface area (Å²) < 4.78 is 12.3. The summed E-state index contributed by atoms with van der Waals surface area (Å²) in [6.45, 7) is 10.0. The lowest BCUT2D eigenvalue weighted by Gasteiger charge is -2.29. The van der Waals surface area contributed by atoms with Gasteiger partial charge in [-0.3, -0.25) is 9.59 Å². The number of cyclic esters (lactones) is 1. The summed E-state index contributed by atoms with van der Waals surface area (Å²) >= 11 is 0. The van der Waals surface area contributed by atoms with Gasteiger partial charge in [0.25, 0.3) is 0 Å². The van der Waals surface area contributed by atoms with Gasteiger partial charge >= 0.3 is 12.1 Å².